The summed E-state index contributed by atoms with van der Waals surface area (Å²) in [6.07, 6.45) is 0. The van der Waals surface area contributed by atoms with Crippen molar-refractivity contribution in [2.75, 3.05) is 0 Å². The summed E-state index contributed by atoms with van der Waals surface area (Å²) in [7, 11) is 0. The van der Waals surface area contributed by atoms with Gasteiger partial charge in [-0.3, -0.25) is 0 Å². The highest BCUT2D eigenvalue weighted by Crippen LogP contribution is 2.35. The van der Waals surface area contributed by atoms with Gasteiger partial charge in [0.25, 0.3) is 0 Å². The monoisotopic (exact) mass is 1220 g/mol. The fourth-order valence-corrected chi connectivity index (χ4v) is 11.9. The smallest absolute Gasteiger partial charge is 0.164 e. The van der Waals surface area contributed by atoms with E-state index >= 15 is 0 Å². The van der Waals surface area contributed by atoms with Gasteiger partial charge in [0.1, 0.15) is 0 Å². The lowest BCUT2D eigenvalue weighted by atomic mass is 9.96. The van der Waals surface area contributed by atoms with Crippen molar-refractivity contribution in [2.24, 2.45) is 0 Å². The van der Waals surface area contributed by atoms with E-state index in [4.69, 9.17) is 35.2 Å². The lowest BCUT2D eigenvalue weighted by Gasteiger charge is -2.10. The zero-order valence-corrected chi connectivity index (χ0v) is 51.9. The van der Waals surface area contributed by atoms with Crippen LogP contribution in [0.25, 0.3) is 157 Å². The summed E-state index contributed by atoms with van der Waals surface area (Å²) in [5, 5.41) is 23.1. The second-order valence-electron chi connectivity index (χ2n) is 23.3. The van der Waals surface area contributed by atoms with Gasteiger partial charge in [-0.1, -0.05) is 291 Å². The average molecular weight is 1230 g/mol. The number of hydrogen-bond acceptors (Lipinski definition) is 8. The Hall–Kier alpha value is -13.4. The molecule has 2 heterocycles. The van der Waals surface area contributed by atoms with Gasteiger partial charge in [-0.15, -0.1) is 0 Å². The van der Waals surface area contributed by atoms with Crippen molar-refractivity contribution < 1.29 is 0 Å². The molecule has 14 aromatic carbocycles. The molecular formula is C88H56N8. The van der Waals surface area contributed by atoms with Crippen molar-refractivity contribution in [3.63, 3.8) is 0 Å². The highest BCUT2D eigenvalue weighted by Gasteiger charge is 2.16. The highest BCUT2D eigenvalue weighted by atomic mass is 15.0. The van der Waals surface area contributed by atoms with Gasteiger partial charge >= 0.3 is 0 Å². The fraction of sp³-hybridized carbons (Fsp3) is 0. The van der Waals surface area contributed by atoms with Gasteiger partial charge in [0.05, 0.1) is 23.3 Å². The molecule has 96 heavy (non-hydrogen) atoms. The predicted octanol–water partition coefficient (Wildman–Crippen LogP) is 21.8. The summed E-state index contributed by atoms with van der Waals surface area (Å²) in [5.41, 5.74) is 20.6. The SMILES string of the molecule is N#Cc1ccc(-c2ccc(-c3ccc4cc(-c5ccc(-c6nc(-c7ccccc7)nc(-c7ccccc7)n6)cc5)ccc4c3)cc2)cc1.N#Cc1cccc(-c2ccc(-c3ccc4cc(-c5ccc(-c6nc(-c7ccccc7)nc(-c7ccccc7)n6)cc5)ccc4c3)cc2)c1. The Morgan fingerprint density at radius 3 is 0.615 bits per heavy atom. The maximum atomic E-state index is 9.25. The fourth-order valence-electron chi connectivity index (χ4n) is 11.9. The molecule has 448 valence electrons. The third-order valence-electron chi connectivity index (χ3n) is 17.1. The van der Waals surface area contributed by atoms with Crippen LogP contribution in [0.2, 0.25) is 0 Å². The van der Waals surface area contributed by atoms with Crippen molar-refractivity contribution in [3.8, 4) is 147 Å². The molecule has 0 fully saturated rings. The van der Waals surface area contributed by atoms with Crippen LogP contribution in [0.4, 0.5) is 0 Å². The first kappa shape index (κ1) is 58.9. The van der Waals surface area contributed by atoms with Gasteiger partial charge in [0.2, 0.25) is 0 Å². The molecule has 0 aliphatic carbocycles. The van der Waals surface area contributed by atoms with E-state index < -0.39 is 0 Å². The van der Waals surface area contributed by atoms with E-state index in [1.165, 1.54) is 32.7 Å². The van der Waals surface area contributed by atoms with Crippen LogP contribution in [-0.2, 0) is 0 Å². The van der Waals surface area contributed by atoms with Crippen LogP contribution in [0.1, 0.15) is 11.1 Å². The van der Waals surface area contributed by atoms with Crippen molar-refractivity contribution in [2.45, 2.75) is 0 Å². The molecule has 0 saturated heterocycles. The third-order valence-corrected chi connectivity index (χ3v) is 17.1. The summed E-state index contributed by atoms with van der Waals surface area (Å²) in [6, 6.07) is 120. The average Bonchev–Trinajstić information content (AvgIpc) is 0.940. The van der Waals surface area contributed by atoms with Gasteiger partial charge in [-0.25, -0.2) is 29.9 Å². The Labute approximate surface area is 556 Å². The van der Waals surface area contributed by atoms with E-state index in [0.29, 0.717) is 46.1 Å². The first-order chi connectivity index (χ1) is 47.4. The van der Waals surface area contributed by atoms with E-state index in [0.717, 1.165) is 89.0 Å². The molecular weight excluding hydrogens is 1170 g/mol. The van der Waals surface area contributed by atoms with Crippen LogP contribution in [0.3, 0.4) is 0 Å². The number of benzene rings is 14. The van der Waals surface area contributed by atoms with Gasteiger partial charge in [-0.2, -0.15) is 10.5 Å². The number of hydrogen-bond donors (Lipinski definition) is 0. The molecule has 16 aromatic rings. The number of aromatic nitrogens is 6. The number of rotatable bonds is 12. The Bertz CT molecular complexity index is 5420. The molecule has 0 radical (unpaired) electrons. The van der Waals surface area contributed by atoms with Crippen molar-refractivity contribution in [1.82, 2.24) is 29.9 Å². The van der Waals surface area contributed by atoms with E-state index in [-0.39, 0.29) is 0 Å². The van der Waals surface area contributed by atoms with Gasteiger partial charge in [-0.05, 0) is 137 Å². The van der Waals surface area contributed by atoms with Crippen LogP contribution in [-0.4, -0.2) is 29.9 Å². The minimum absolute atomic E-state index is 0.643. The zero-order chi connectivity index (χ0) is 64.6. The van der Waals surface area contributed by atoms with Crippen LogP contribution >= 0.6 is 0 Å². The molecule has 2 aromatic heterocycles. The first-order valence-corrected chi connectivity index (χ1v) is 31.7. The summed E-state index contributed by atoms with van der Waals surface area (Å²) in [6.45, 7) is 0. The molecule has 8 nitrogen and oxygen atoms in total. The summed E-state index contributed by atoms with van der Waals surface area (Å²) in [4.78, 5) is 29.1. The summed E-state index contributed by atoms with van der Waals surface area (Å²) >= 11 is 0. The quantitative estimate of drug-likeness (QED) is 0.118. The molecule has 0 atom stereocenters. The zero-order valence-electron chi connectivity index (χ0n) is 51.9. The molecule has 0 saturated carbocycles. The molecule has 0 bridgehead atoms. The van der Waals surface area contributed by atoms with Crippen molar-refractivity contribution >= 4 is 21.5 Å². The minimum Gasteiger partial charge on any atom is -0.208 e. The second kappa shape index (κ2) is 26.8. The molecule has 0 aliphatic rings. The number of nitriles is 2. The van der Waals surface area contributed by atoms with Crippen LogP contribution in [0.5, 0.6) is 0 Å². The Morgan fingerprint density at radius 1 is 0.156 bits per heavy atom. The Balaban J connectivity index is 0.000000158. The first-order valence-electron chi connectivity index (χ1n) is 31.7. The lowest BCUT2D eigenvalue weighted by molar-refractivity contribution is 1.07. The maximum Gasteiger partial charge on any atom is 0.164 e. The topological polar surface area (TPSA) is 125 Å². The van der Waals surface area contributed by atoms with Crippen LogP contribution in [0, 0.1) is 22.7 Å². The van der Waals surface area contributed by atoms with Crippen molar-refractivity contribution in [3.05, 3.63) is 351 Å². The summed E-state index contributed by atoms with van der Waals surface area (Å²) in [5.74, 6) is 3.89. The number of nitrogens with zero attached hydrogens (tertiary/aromatic N) is 8. The molecule has 0 unspecified atom stereocenters. The Morgan fingerprint density at radius 2 is 0.354 bits per heavy atom. The number of fused-ring (bicyclic) bond motifs is 2. The maximum absolute atomic E-state index is 9.25. The molecule has 16 rings (SSSR count). The second-order valence-corrected chi connectivity index (χ2v) is 23.3. The molecule has 0 aliphatic heterocycles. The minimum atomic E-state index is 0.643. The van der Waals surface area contributed by atoms with E-state index in [2.05, 4.69) is 182 Å². The lowest BCUT2D eigenvalue weighted by Crippen LogP contribution is -2.00. The van der Waals surface area contributed by atoms with Crippen LogP contribution in [0.15, 0.2) is 340 Å². The predicted molar refractivity (Wildman–Crippen MR) is 389 cm³/mol. The van der Waals surface area contributed by atoms with Crippen molar-refractivity contribution in [1.29, 1.82) is 10.5 Å². The molecule has 8 heteroatoms. The van der Waals surface area contributed by atoms with E-state index in [1.807, 2.05) is 170 Å². The highest BCUT2D eigenvalue weighted by molar-refractivity contribution is 5.93. The third kappa shape index (κ3) is 12.9. The van der Waals surface area contributed by atoms with Gasteiger partial charge in [0.15, 0.2) is 34.9 Å². The van der Waals surface area contributed by atoms with E-state index in [9.17, 15) is 5.26 Å². The normalized spacial score (nSPS) is 10.9. The molecule has 0 amide bonds. The Kier molecular flexibility index (Phi) is 16.5. The molecule has 0 N–H and O–H groups in total. The van der Waals surface area contributed by atoms with Gasteiger partial charge < -0.3 is 0 Å². The standard InChI is InChI=1S/2C44H28N4/c45-29-30-8-7-13-37(26-30)31-14-16-32(17-15-31)38-22-24-41-28-39(23-25-40(41)27-38)33-18-20-36(21-19-33)44-47-42(34-9-3-1-4-10-34)46-43(48-44)35-11-5-2-6-12-35;45-29-30-11-13-31(14-12-30)32-15-17-33(18-16-32)38-23-25-41-28-39(24-26-40(41)27-38)34-19-21-37(22-20-34)44-47-42(35-7-3-1-4-8-35)46-43(48-44)36-9-5-2-6-10-36/h2*1-28H. The molecule has 0 spiro atoms. The van der Waals surface area contributed by atoms with E-state index in [1.54, 1.807) is 0 Å². The van der Waals surface area contributed by atoms with Crippen LogP contribution < -0.4 is 0 Å². The summed E-state index contributed by atoms with van der Waals surface area (Å²) < 4.78 is 0. The largest absolute Gasteiger partial charge is 0.208 e. The van der Waals surface area contributed by atoms with Gasteiger partial charge in [0, 0.05) is 33.4 Å².